The summed E-state index contributed by atoms with van der Waals surface area (Å²) in [5.74, 6) is 0. The molecule has 0 radical (unpaired) electrons. The molecule has 0 saturated carbocycles. The highest BCUT2D eigenvalue weighted by molar-refractivity contribution is 7.90. The average molecular weight is 489 g/mol. The zero-order chi connectivity index (χ0) is 24.3. The van der Waals surface area contributed by atoms with Gasteiger partial charge >= 0.3 is 6.03 Å². The molecule has 0 unspecified atom stereocenters. The molecule has 1 aromatic carbocycles. The molecule has 0 spiro atoms. The van der Waals surface area contributed by atoms with Crippen molar-refractivity contribution in [1.82, 2.24) is 14.5 Å². The number of amides is 2. The Labute approximate surface area is 200 Å². The predicted molar refractivity (Wildman–Crippen MR) is 127 cm³/mol. The van der Waals surface area contributed by atoms with E-state index < -0.39 is 27.2 Å². The number of rotatable bonds is 5. The van der Waals surface area contributed by atoms with Gasteiger partial charge in [0.25, 0.3) is 10.0 Å². The smallest absolute Gasteiger partial charge is 0.333 e. The molecule has 184 valence electrons. The lowest BCUT2D eigenvalue weighted by atomic mass is 9.95. The lowest BCUT2D eigenvalue weighted by Gasteiger charge is -2.41. The highest BCUT2D eigenvalue weighted by Gasteiger charge is 2.46. The summed E-state index contributed by atoms with van der Waals surface area (Å²) < 4.78 is 41.2. The first-order valence-electron chi connectivity index (χ1n) is 11.8. The molecule has 10 heteroatoms. The number of aromatic nitrogens is 2. The van der Waals surface area contributed by atoms with Gasteiger partial charge < -0.3 is 14.8 Å². The largest absolute Gasteiger partial charge is 0.374 e. The maximum absolute atomic E-state index is 13.2. The van der Waals surface area contributed by atoms with Gasteiger partial charge in [-0.15, -0.1) is 0 Å². The van der Waals surface area contributed by atoms with Crippen molar-refractivity contribution in [3.05, 3.63) is 40.1 Å². The van der Waals surface area contributed by atoms with Crippen LogP contribution >= 0.6 is 0 Å². The highest BCUT2D eigenvalue weighted by atomic mass is 32.2. The highest BCUT2D eigenvalue weighted by Crippen LogP contribution is 2.39. The molecule has 1 fully saturated rings. The van der Waals surface area contributed by atoms with E-state index in [0.717, 1.165) is 55.3 Å². The molecule has 1 saturated heterocycles. The van der Waals surface area contributed by atoms with Crippen molar-refractivity contribution in [3.63, 3.8) is 0 Å². The Morgan fingerprint density at radius 3 is 2.21 bits per heavy atom. The number of nitrogens with one attached hydrogen (secondary N) is 2. The lowest BCUT2D eigenvalue weighted by Crippen LogP contribution is -2.50. The molecular weight excluding hydrogens is 456 g/mol. The summed E-state index contributed by atoms with van der Waals surface area (Å²) in [5.41, 5.74) is 4.94. The number of sulfonamides is 1. The number of anilines is 1. The SMILES string of the molecule is COC1(c2cc(S(=O)(=O)NC(=O)Nc3c4c(cc5c3CCC5)CCC4)nn2C(C)(C)C)COC1. The molecule has 5 rings (SSSR count). The second kappa shape index (κ2) is 8.07. The summed E-state index contributed by atoms with van der Waals surface area (Å²) in [6.07, 6.45) is 5.87. The van der Waals surface area contributed by atoms with Crippen LogP contribution in [0.1, 0.15) is 61.6 Å². The van der Waals surface area contributed by atoms with Gasteiger partial charge in [0, 0.05) is 18.9 Å². The number of carbonyl (C=O) groups is 1. The van der Waals surface area contributed by atoms with Gasteiger partial charge in [-0.05, 0) is 81.5 Å². The van der Waals surface area contributed by atoms with Crippen molar-refractivity contribution >= 4 is 21.7 Å². The van der Waals surface area contributed by atoms with Crippen LogP contribution in [-0.2, 0) is 56.3 Å². The third-order valence-corrected chi connectivity index (χ3v) is 8.27. The second-order valence-corrected chi connectivity index (χ2v) is 12.1. The zero-order valence-corrected chi connectivity index (χ0v) is 21.0. The van der Waals surface area contributed by atoms with Crippen LogP contribution in [0.25, 0.3) is 0 Å². The normalized spacial score (nSPS) is 18.8. The van der Waals surface area contributed by atoms with E-state index in [-0.39, 0.29) is 5.03 Å². The van der Waals surface area contributed by atoms with Crippen LogP contribution in [0.4, 0.5) is 10.5 Å². The van der Waals surface area contributed by atoms with E-state index in [1.54, 1.807) is 11.8 Å². The van der Waals surface area contributed by atoms with Crippen molar-refractivity contribution in [1.29, 1.82) is 0 Å². The van der Waals surface area contributed by atoms with Crippen LogP contribution in [0, 0.1) is 0 Å². The molecule has 1 aliphatic heterocycles. The molecular formula is C24H32N4O5S. The van der Waals surface area contributed by atoms with Crippen molar-refractivity contribution in [2.24, 2.45) is 0 Å². The number of benzene rings is 1. The fraction of sp³-hybridized carbons (Fsp3) is 0.583. The van der Waals surface area contributed by atoms with Crippen LogP contribution < -0.4 is 10.0 Å². The van der Waals surface area contributed by atoms with Crippen molar-refractivity contribution < 1.29 is 22.7 Å². The first-order valence-corrected chi connectivity index (χ1v) is 13.3. The minimum absolute atomic E-state index is 0.223. The van der Waals surface area contributed by atoms with Gasteiger partial charge in [-0.3, -0.25) is 4.68 Å². The zero-order valence-electron chi connectivity index (χ0n) is 20.2. The number of hydrogen-bond donors (Lipinski definition) is 2. The summed E-state index contributed by atoms with van der Waals surface area (Å²) in [4.78, 5) is 12.9. The molecule has 2 heterocycles. The first-order chi connectivity index (χ1) is 16.0. The Hall–Kier alpha value is -2.43. The Balaban J connectivity index is 1.43. The van der Waals surface area contributed by atoms with Crippen LogP contribution in [0.2, 0.25) is 0 Å². The van der Waals surface area contributed by atoms with E-state index >= 15 is 0 Å². The third kappa shape index (κ3) is 3.81. The van der Waals surface area contributed by atoms with Crippen molar-refractivity contribution in [3.8, 4) is 0 Å². The minimum atomic E-state index is -4.21. The standard InChI is InChI=1S/C24H32N4O5S/c1-23(2,3)28-19(24(32-4)13-33-14-24)12-20(26-28)34(30,31)27-22(29)25-21-17-9-5-7-15(17)11-16-8-6-10-18(16)21/h11-12H,5-10,13-14H2,1-4H3,(H2,25,27,29). The van der Waals surface area contributed by atoms with Crippen molar-refractivity contribution in [2.75, 3.05) is 25.6 Å². The molecule has 1 aromatic heterocycles. The van der Waals surface area contributed by atoms with Crippen LogP contribution in [0.15, 0.2) is 17.2 Å². The molecule has 2 aliphatic carbocycles. The summed E-state index contributed by atoms with van der Waals surface area (Å²) in [5, 5.41) is 7.03. The monoisotopic (exact) mass is 488 g/mol. The summed E-state index contributed by atoms with van der Waals surface area (Å²) >= 11 is 0. The minimum Gasteiger partial charge on any atom is -0.374 e. The topological polar surface area (TPSA) is 112 Å². The Morgan fingerprint density at radius 1 is 1.09 bits per heavy atom. The maximum Gasteiger partial charge on any atom is 0.333 e. The number of urea groups is 1. The van der Waals surface area contributed by atoms with Gasteiger partial charge in [0.1, 0.15) is 0 Å². The summed E-state index contributed by atoms with van der Waals surface area (Å²) in [6, 6.07) is 2.97. The first kappa shape index (κ1) is 23.3. The van der Waals surface area contributed by atoms with E-state index in [9.17, 15) is 13.2 Å². The Bertz CT molecular complexity index is 1220. The molecule has 2 N–H and O–H groups in total. The average Bonchev–Trinajstić information content (AvgIpc) is 3.45. The molecule has 0 atom stereocenters. The van der Waals surface area contributed by atoms with E-state index in [0.29, 0.717) is 18.9 Å². The van der Waals surface area contributed by atoms with Crippen molar-refractivity contribution in [2.45, 2.75) is 75.5 Å². The Kier molecular flexibility index (Phi) is 5.53. The number of carbonyl (C=O) groups excluding carboxylic acids is 1. The Morgan fingerprint density at radius 2 is 1.71 bits per heavy atom. The number of aryl methyl sites for hydroxylation is 2. The van der Waals surface area contributed by atoms with Gasteiger partial charge in [0.05, 0.1) is 24.4 Å². The molecule has 3 aliphatic rings. The van der Waals surface area contributed by atoms with Crippen LogP contribution in [0.3, 0.4) is 0 Å². The van der Waals surface area contributed by atoms with E-state index in [2.05, 4.69) is 21.2 Å². The quantitative estimate of drug-likeness (QED) is 0.669. The van der Waals surface area contributed by atoms with Gasteiger partial charge in [0.2, 0.25) is 0 Å². The molecule has 2 aromatic rings. The van der Waals surface area contributed by atoms with E-state index in [1.165, 1.54) is 17.2 Å². The molecule has 34 heavy (non-hydrogen) atoms. The van der Waals surface area contributed by atoms with Gasteiger partial charge in [-0.25, -0.2) is 9.52 Å². The second-order valence-electron chi connectivity index (χ2n) is 10.4. The summed E-state index contributed by atoms with van der Waals surface area (Å²) in [7, 11) is -2.64. The number of fused-ring (bicyclic) bond motifs is 2. The fourth-order valence-electron chi connectivity index (χ4n) is 5.26. The predicted octanol–water partition coefficient (Wildman–Crippen LogP) is 3.00. The van der Waals surface area contributed by atoms with E-state index in [1.807, 2.05) is 20.8 Å². The van der Waals surface area contributed by atoms with Gasteiger partial charge in [0.15, 0.2) is 10.6 Å². The van der Waals surface area contributed by atoms with E-state index in [4.69, 9.17) is 9.47 Å². The molecule has 2 amide bonds. The van der Waals surface area contributed by atoms with Crippen LogP contribution in [0.5, 0.6) is 0 Å². The number of hydrogen-bond acceptors (Lipinski definition) is 6. The number of nitrogens with zero attached hydrogens (tertiary/aromatic N) is 2. The van der Waals surface area contributed by atoms with Gasteiger partial charge in [-0.1, -0.05) is 6.07 Å². The fourth-order valence-corrected chi connectivity index (χ4v) is 6.12. The van der Waals surface area contributed by atoms with Gasteiger partial charge in [-0.2, -0.15) is 13.5 Å². The number of methoxy groups -OCH3 is 1. The third-order valence-electron chi connectivity index (χ3n) is 7.06. The maximum atomic E-state index is 13.2. The molecule has 9 nitrogen and oxygen atoms in total. The van der Waals surface area contributed by atoms with Crippen LogP contribution in [-0.4, -0.2) is 44.6 Å². The summed E-state index contributed by atoms with van der Waals surface area (Å²) in [6.45, 7) is 6.41. The molecule has 0 bridgehead atoms. The number of ether oxygens (including phenoxy) is 2. The lowest BCUT2D eigenvalue weighted by molar-refractivity contribution is -0.207.